The SMILES string of the molecule is CC(=O)OCC1O[C@@H](OCCNC(=O)OCC2c3ccccc3-c3ccccc32)C(NC(=O)OCC(Cl)(Cl)Cl)[C@@H](OC(C)=O)[C@H]1OC(C)=O. The summed E-state index contributed by atoms with van der Waals surface area (Å²) < 4.78 is 36.3. The fourth-order valence-corrected chi connectivity index (χ4v) is 5.66. The van der Waals surface area contributed by atoms with Gasteiger partial charge in [0.25, 0.3) is 0 Å². The lowest BCUT2D eigenvalue weighted by atomic mass is 9.96. The van der Waals surface area contributed by atoms with Gasteiger partial charge in [-0.1, -0.05) is 83.3 Å². The van der Waals surface area contributed by atoms with Gasteiger partial charge >= 0.3 is 30.1 Å². The largest absolute Gasteiger partial charge is 0.463 e. The number of halogens is 3. The molecule has 1 heterocycles. The topological polar surface area (TPSA) is 174 Å². The molecule has 1 aliphatic heterocycles. The normalized spacial score (nSPS) is 21.4. The van der Waals surface area contributed by atoms with E-state index in [1.807, 2.05) is 48.5 Å². The third-order valence-corrected chi connectivity index (χ3v) is 7.68. The number of benzene rings is 2. The molecular formula is C32H35Cl3N2O12. The summed E-state index contributed by atoms with van der Waals surface area (Å²) in [4.78, 5) is 61.1. The number of carbonyl (C=O) groups excluding carboxylic acids is 5. The Hall–Kier alpha value is -3.82. The zero-order valence-electron chi connectivity index (χ0n) is 26.7. The molecule has 2 amide bonds. The Morgan fingerprint density at radius 2 is 1.35 bits per heavy atom. The van der Waals surface area contributed by atoms with Gasteiger partial charge in [0, 0.05) is 33.2 Å². The minimum atomic E-state index is -1.94. The number of carbonyl (C=O) groups is 5. The number of hydrogen-bond acceptors (Lipinski definition) is 12. The van der Waals surface area contributed by atoms with E-state index in [1.165, 1.54) is 0 Å². The highest BCUT2D eigenvalue weighted by atomic mass is 35.6. The van der Waals surface area contributed by atoms with Crippen LogP contribution in [0.25, 0.3) is 11.1 Å². The van der Waals surface area contributed by atoms with Crippen molar-refractivity contribution < 1.29 is 57.1 Å². The van der Waals surface area contributed by atoms with Crippen LogP contribution in [0.1, 0.15) is 37.8 Å². The van der Waals surface area contributed by atoms with E-state index in [9.17, 15) is 24.0 Å². The predicted molar refractivity (Wildman–Crippen MR) is 174 cm³/mol. The molecule has 1 aliphatic carbocycles. The van der Waals surface area contributed by atoms with E-state index in [2.05, 4.69) is 10.6 Å². The Morgan fingerprint density at radius 1 is 0.755 bits per heavy atom. The number of fused-ring (bicyclic) bond motifs is 3. The lowest BCUT2D eigenvalue weighted by Crippen LogP contribution is -2.67. The monoisotopic (exact) mass is 744 g/mol. The Morgan fingerprint density at radius 3 is 1.92 bits per heavy atom. The fourth-order valence-electron chi connectivity index (χ4n) is 5.50. The zero-order valence-corrected chi connectivity index (χ0v) is 28.9. The summed E-state index contributed by atoms with van der Waals surface area (Å²) in [5.41, 5.74) is 4.28. The second-order valence-corrected chi connectivity index (χ2v) is 13.5. The molecule has 2 aliphatic rings. The average Bonchev–Trinajstić information content (AvgIpc) is 3.35. The number of rotatable bonds is 12. The maximum Gasteiger partial charge on any atom is 0.407 e. The number of nitrogens with one attached hydrogen (secondary N) is 2. The molecule has 49 heavy (non-hydrogen) atoms. The molecule has 266 valence electrons. The predicted octanol–water partition coefficient (Wildman–Crippen LogP) is 4.16. The minimum absolute atomic E-state index is 0.0822. The van der Waals surface area contributed by atoms with Crippen molar-refractivity contribution in [2.75, 3.05) is 33.0 Å². The van der Waals surface area contributed by atoms with Crippen molar-refractivity contribution in [3.8, 4) is 11.1 Å². The first-order valence-corrected chi connectivity index (χ1v) is 16.2. The summed E-state index contributed by atoms with van der Waals surface area (Å²) in [6, 6.07) is 14.5. The molecule has 2 aromatic carbocycles. The zero-order chi connectivity index (χ0) is 35.7. The third-order valence-electron chi connectivity index (χ3n) is 7.35. The Bertz CT molecular complexity index is 1470. The molecule has 0 radical (unpaired) electrons. The summed E-state index contributed by atoms with van der Waals surface area (Å²) in [5, 5.41) is 5.02. The van der Waals surface area contributed by atoms with Crippen LogP contribution in [-0.4, -0.2) is 97.5 Å². The molecule has 2 unspecified atom stereocenters. The first-order chi connectivity index (χ1) is 23.2. The van der Waals surface area contributed by atoms with Crippen molar-refractivity contribution in [3.05, 3.63) is 59.7 Å². The first-order valence-electron chi connectivity index (χ1n) is 15.1. The third kappa shape index (κ3) is 10.8. The molecule has 14 nitrogen and oxygen atoms in total. The van der Waals surface area contributed by atoms with Gasteiger partial charge in [-0.2, -0.15) is 0 Å². The highest BCUT2D eigenvalue weighted by Gasteiger charge is 2.52. The molecule has 2 aromatic rings. The summed E-state index contributed by atoms with van der Waals surface area (Å²) in [7, 11) is 0. The van der Waals surface area contributed by atoms with Crippen LogP contribution in [0.3, 0.4) is 0 Å². The van der Waals surface area contributed by atoms with E-state index in [4.69, 9.17) is 68.0 Å². The van der Waals surface area contributed by atoms with Gasteiger partial charge in [-0.05, 0) is 22.3 Å². The van der Waals surface area contributed by atoms with Crippen molar-refractivity contribution in [3.63, 3.8) is 0 Å². The number of hydrogen-bond donors (Lipinski definition) is 2. The van der Waals surface area contributed by atoms with Gasteiger partial charge in [-0.15, -0.1) is 0 Å². The second-order valence-electron chi connectivity index (χ2n) is 11.0. The molecule has 1 fully saturated rings. The highest BCUT2D eigenvalue weighted by molar-refractivity contribution is 6.67. The maximum atomic E-state index is 12.7. The van der Waals surface area contributed by atoms with Gasteiger partial charge in [0.05, 0.1) is 6.61 Å². The van der Waals surface area contributed by atoms with Gasteiger partial charge in [0.15, 0.2) is 18.5 Å². The molecule has 0 saturated carbocycles. The Labute approximate surface area is 296 Å². The Balaban J connectivity index is 1.42. The number of ether oxygens (including phenoxy) is 7. The summed E-state index contributed by atoms with van der Waals surface area (Å²) >= 11 is 17.1. The number of amides is 2. The minimum Gasteiger partial charge on any atom is -0.463 e. The van der Waals surface area contributed by atoms with Crippen LogP contribution in [-0.2, 0) is 47.5 Å². The van der Waals surface area contributed by atoms with Crippen LogP contribution in [0.15, 0.2) is 48.5 Å². The van der Waals surface area contributed by atoms with Crippen molar-refractivity contribution in [2.45, 2.75) is 61.1 Å². The van der Waals surface area contributed by atoms with E-state index in [0.29, 0.717) is 0 Å². The van der Waals surface area contributed by atoms with Crippen LogP contribution in [0.5, 0.6) is 0 Å². The lowest BCUT2D eigenvalue weighted by Gasteiger charge is -2.44. The smallest absolute Gasteiger partial charge is 0.407 e. The number of esters is 3. The standard InChI is InChI=1S/C32H35Cl3N2O12/c1-17(38)44-15-25-27(47-18(2)39)28(48-19(3)40)26(37-31(42)46-16-32(33,34)35)29(49-25)43-13-12-36-30(41)45-14-24-22-10-6-4-8-20(22)21-9-5-7-11-23(21)24/h4-11,24-29H,12-16H2,1-3H3,(H,36,41)(H,37,42)/t25?,26?,27-,28+,29+/m0/s1. The molecule has 2 N–H and O–H groups in total. The fraction of sp³-hybridized carbons (Fsp3) is 0.469. The van der Waals surface area contributed by atoms with Crippen LogP contribution in [0, 0.1) is 0 Å². The van der Waals surface area contributed by atoms with Crippen LogP contribution >= 0.6 is 34.8 Å². The van der Waals surface area contributed by atoms with Gasteiger partial charge < -0.3 is 43.8 Å². The van der Waals surface area contributed by atoms with Crippen LogP contribution in [0.2, 0.25) is 0 Å². The number of alkyl carbamates (subject to hydrolysis) is 2. The quantitative estimate of drug-likeness (QED) is 0.138. The van der Waals surface area contributed by atoms with E-state index in [-0.39, 0.29) is 25.7 Å². The average molecular weight is 746 g/mol. The Kier molecular flexibility index (Phi) is 13.3. The highest BCUT2D eigenvalue weighted by Crippen LogP contribution is 2.44. The van der Waals surface area contributed by atoms with Gasteiger partial charge in [0.1, 0.15) is 32.0 Å². The van der Waals surface area contributed by atoms with E-state index < -0.39 is 77.7 Å². The summed E-state index contributed by atoms with van der Waals surface area (Å²) in [6.45, 7) is 2.07. The van der Waals surface area contributed by atoms with Crippen molar-refractivity contribution in [1.82, 2.24) is 10.6 Å². The lowest BCUT2D eigenvalue weighted by molar-refractivity contribution is -0.276. The van der Waals surface area contributed by atoms with Crippen LogP contribution in [0.4, 0.5) is 9.59 Å². The summed E-state index contributed by atoms with van der Waals surface area (Å²) in [5.74, 6) is -2.42. The molecule has 0 aromatic heterocycles. The summed E-state index contributed by atoms with van der Waals surface area (Å²) in [6.07, 6.45) is -7.29. The molecule has 4 rings (SSSR count). The maximum absolute atomic E-state index is 12.7. The van der Waals surface area contributed by atoms with Gasteiger partial charge in [-0.3, -0.25) is 14.4 Å². The van der Waals surface area contributed by atoms with Crippen molar-refractivity contribution in [1.29, 1.82) is 0 Å². The molecule has 1 saturated heterocycles. The van der Waals surface area contributed by atoms with Crippen molar-refractivity contribution in [2.24, 2.45) is 0 Å². The first kappa shape index (κ1) is 38.0. The van der Waals surface area contributed by atoms with E-state index in [1.54, 1.807) is 0 Å². The molecule has 17 heteroatoms. The van der Waals surface area contributed by atoms with E-state index in [0.717, 1.165) is 43.0 Å². The molecule has 0 bridgehead atoms. The molecule has 5 atom stereocenters. The van der Waals surface area contributed by atoms with Gasteiger partial charge in [-0.25, -0.2) is 9.59 Å². The van der Waals surface area contributed by atoms with Gasteiger partial charge in [0.2, 0.25) is 3.79 Å². The van der Waals surface area contributed by atoms with E-state index >= 15 is 0 Å². The van der Waals surface area contributed by atoms with Crippen molar-refractivity contribution >= 4 is 64.9 Å². The second kappa shape index (κ2) is 17.2. The molecular weight excluding hydrogens is 711 g/mol. The molecule has 0 spiro atoms. The van der Waals surface area contributed by atoms with Crippen LogP contribution < -0.4 is 10.6 Å². The number of alkyl halides is 3.